The monoisotopic (exact) mass is 255 g/mol. The van der Waals surface area contributed by atoms with Crippen molar-refractivity contribution in [1.82, 2.24) is 19.1 Å². The van der Waals surface area contributed by atoms with Crippen LogP contribution in [-0.4, -0.2) is 24.9 Å². The first kappa shape index (κ1) is 11.4. The number of aryl methyl sites for hydroxylation is 2. The maximum absolute atomic E-state index is 5.52. The Kier molecular flexibility index (Phi) is 3.79. The second-order valence-corrected chi connectivity index (χ2v) is 5.41. The SMILES string of the molecule is Cc1nsc(SCCCn2ccc(N)n2)n1. The fourth-order valence-corrected chi connectivity index (χ4v) is 2.87. The first-order chi connectivity index (χ1) is 7.74. The van der Waals surface area contributed by atoms with E-state index in [0.717, 1.165) is 28.9 Å². The van der Waals surface area contributed by atoms with Gasteiger partial charge in [0, 0.05) is 18.5 Å². The van der Waals surface area contributed by atoms with Crippen molar-refractivity contribution in [3.8, 4) is 0 Å². The third-order valence-corrected chi connectivity index (χ3v) is 3.94. The van der Waals surface area contributed by atoms with Crippen LogP contribution >= 0.6 is 23.3 Å². The summed E-state index contributed by atoms with van der Waals surface area (Å²) in [6.07, 6.45) is 2.94. The van der Waals surface area contributed by atoms with Gasteiger partial charge < -0.3 is 5.73 Å². The molecule has 0 unspecified atom stereocenters. The molecular formula is C9H13N5S2. The van der Waals surface area contributed by atoms with Gasteiger partial charge in [-0.15, -0.1) is 0 Å². The summed E-state index contributed by atoms with van der Waals surface area (Å²) in [4.78, 5) is 4.29. The molecule has 0 saturated heterocycles. The normalized spacial score (nSPS) is 10.8. The molecule has 0 aromatic carbocycles. The van der Waals surface area contributed by atoms with Gasteiger partial charge in [0.1, 0.15) is 11.6 Å². The smallest absolute Gasteiger partial charge is 0.170 e. The largest absolute Gasteiger partial charge is 0.382 e. The number of nitrogen functional groups attached to an aromatic ring is 1. The molecule has 7 heteroatoms. The Morgan fingerprint density at radius 3 is 3.06 bits per heavy atom. The van der Waals surface area contributed by atoms with E-state index in [0.29, 0.717) is 5.82 Å². The summed E-state index contributed by atoms with van der Waals surface area (Å²) in [5.41, 5.74) is 5.52. The highest BCUT2D eigenvalue weighted by Crippen LogP contribution is 2.20. The van der Waals surface area contributed by atoms with Crippen LogP contribution in [0.4, 0.5) is 5.82 Å². The van der Waals surface area contributed by atoms with Gasteiger partial charge in [0.25, 0.3) is 0 Å². The van der Waals surface area contributed by atoms with E-state index in [1.54, 1.807) is 17.8 Å². The topological polar surface area (TPSA) is 69.6 Å². The van der Waals surface area contributed by atoms with Gasteiger partial charge in [0.15, 0.2) is 4.34 Å². The van der Waals surface area contributed by atoms with E-state index >= 15 is 0 Å². The fraction of sp³-hybridized carbons (Fsp3) is 0.444. The average molecular weight is 255 g/mol. The van der Waals surface area contributed by atoms with Crippen LogP contribution in [0.25, 0.3) is 0 Å². The summed E-state index contributed by atoms with van der Waals surface area (Å²) in [7, 11) is 0. The molecule has 0 bridgehead atoms. The lowest BCUT2D eigenvalue weighted by Crippen LogP contribution is -2.00. The molecule has 0 spiro atoms. The molecule has 2 aromatic rings. The summed E-state index contributed by atoms with van der Waals surface area (Å²) >= 11 is 3.20. The van der Waals surface area contributed by atoms with E-state index < -0.39 is 0 Å². The highest BCUT2D eigenvalue weighted by atomic mass is 32.2. The van der Waals surface area contributed by atoms with Crippen molar-refractivity contribution in [2.24, 2.45) is 0 Å². The number of hydrogen-bond acceptors (Lipinski definition) is 6. The number of hydrogen-bond donors (Lipinski definition) is 1. The van der Waals surface area contributed by atoms with Gasteiger partial charge in [-0.05, 0) is 30.9 Å². The summed E-state index contributed by atoms with van der Waals surface area (Å²) < 4.78 is 7.03. The van der Waals surface area contributed by atoms with Gasteiger partial charge in [-0.1, -0.05) is 11.8 Å². The van der Waals surface area contributed by atoms with Crippen LogP contribution in [0.2, 0.25) is 0 Å². The molecule has 2 N–H and O–H groups in total. The van der Waals surface area contributed by atoms with Crippen LogP contribution in [0.5, 0.6) is 0 Å². The van der Waals surface area contributed by atoms with Crippen molar-refractivity contribution in [2.45, 2.75) is 24.2 Å². The Balaban J connectivity index is 1.69. The zero-order valence-electron chi connectivity index (χ0n) is 8.96. The highest BCUT2D eigenvalue weighted by Gasteiger charge is 2.01. The lowest BCUT2D eigenvalue weighted by molar-refractivity contribution is 0.608. The van der Waals surface area contributed by atoms with Crippen molar-refractivity contribution in [1.29, 1.82) is 0 Å². The third-order valence-electron chi connectivity index (χ3n) is 1.93. The molecule has 0 aliphatic carbocycles. The van der Waals surface area contributed by atoms with E-state index in [1.807, 2.05) is 17.8 Å². The minimum atomic E-state index is 0.576. The lowest BCUT2D eigenvalue weighted by atomic mass is 10.5. The lowest BCUT2D eigenvalue weighted by Gasteiger charge is -1.99. The first-order valence-electron chi connectivity index (χ1n) is 4.96. The van der Waals surface area contributed by atoms with E-state index in [-0.39, 0.29) is 0 Å². The molecule has 2 rings (SSSR count). The van der Waals surface area contributed by atoms with E-state index in [9.17, 15) is 0 Å². The van der Waals surface area contributed by atoms with Crippen molar-refractivity contribution >= 4 is 29.1 Å². The fourth-order valence-electron chi connectivity index (χ4n) is 1.22. The minimum Gasteiger partial charge on any atom is -0.382 e. The van der Waals surface area contributed by atoms with Gasteiger partial charge in [-0.2, -0.15) is 9.47 Å². The number of aromatic nitrogens is 4. The van der Waals surface area contributed by atoms with Crippen molar-refractivity contribution in [3.63, 3.8) is 0 Å². The molecule has 2 aromatic heterocycles. The Morgan fingerprint density at radius 2 is 2.44 bits per heavy atom. The van der Waals surface area contributed by atoms with Gasteiger partial charge >= 0.3 is 0 Å². The summed E-state index contributed by atoms with van der Waals surface area (Å²) in [5.74, 6) is 2.45. The second kappa shape index (κ2) is 5.31. The molecule has 0 atom stereocenters. The standard InChI is InChI=1S/C9H13N5S2/c1-7-11-9(16-13-7)15-6-2-4-14-5-3-8(10)12-14/h3,5H,2,4,6H2,1H3,(H2,10,12). The predicted octanol–water partition coefficient (Wildman–Crippen LogP) is 1.81. The van der Waals surface area contributed by atoms with Crippen LogP contribution in [0.15, 0.2) is 16.6 Å². The molecule has 0 amide bonds. The van der Waals surface area contributed by atoms with E-state index in [4.69, 9.17) is 5.73 Å². The molecule has 0 aliphatic heterocycles. The quantitative estimate of drug-likeness (QED) is 0.652. The van der Waals surface area contributed by atoms with Crippen molar-refractivity contribution in [2.75, 3.05) is 11.5 Å². The van der Waals surface area contributed by atoms with Crippen LogP contribution in [0, 0.1) is 6.92 Å². The number of nitrogens with zero attached hydrogens (tertiary/aromatic N) is 4. The Hall–Kier alpha value is -1.08. The number of rotatable bonds is 5. The molecule has 0 aliphatic rings. The summed E-state index contributed by atoms with van der Waals surface area (Å²) in [5, 5.41) is 4.12. The number of anilines is 1. The van der Waals surface area contributed by atoms with Crippen LogP contribution in [0.3, 0.4) is 0 Å². The molecule has 16 heavy (non-hydrogen) atoms. The van der Waals surface area contributed by atoms with Gasteiger partial charge in [-0.25, -0.2) is 4.98 Å². The predicted molar refractivity (Wildman–Crippen MR) is 66.6 cm³/mol. The van der Waals surface area contributed by atoms with Crippen LogP contribution in [0.1, 0.15) is 12.2 Å². The molecular weight excluding hydrogens is 242 g/mol. The van der Waals surface area contributed by atoms with Crippen LogP contribution in [-0.2, 0) is 6.54 Å². The van der Waals surface area contributed by atoms with Crippen molar-refractivity contribution in [3.05, 3.63) is 18.1 Å². The zero-order chi connectivity index (χ0) is 11.4. The Bertz CT molecular complexity index is 408. The number of thioether (sulfide) groups is 1. The summed E-state index contributed by atoms with van der Waals surface area (Å²) in [6, 6.07) is 1.81. The maximum Gasteiger partial charge on any atom is 0.170 e. The maximum atomic E-state index is 5.52. The Labute approximate surface area is 102 Å². The van der Waals surface area contributed by atoms with E-state index in [2.05, 4.69) is 14.5 Å². The van der Waals surface area contributed by atoms with Gasteiger partial charge in [-0.3, -0.25) is 4.68 Å². The number of nitrogens with two attached hydrogens (primary N) is 1. The van der Waals surface area contributed by atoms with Gasteiger partial charge in [0.2, 0.25) is 0 Å². The molecule has 0 fully saturated rings. The summed E-state index contributed by atoms with van der Waals surface area (Å²) in [6.45, 7) is 2.80. The zero-order valence-corrected chi connectivity index (χ0v) is 10.6. The van der Waals surface area contributed by atoms with Gasteiger partial charge in [0.05, 0.1) is 0 Å². The second-order valence-electron chi connectivity index (χ2n) is 3.31. The molecule has 0 saturated carbocycles. The minimum absolute atomic E-state index is 0.576. The third kappa shape index (κ3) is 3.21. The molecule has 0 radical (unpaired) electrons. The molecule has 5 nitrogen and oxygen atoms in total. The van der Waals surface area contributed by atoms with Crippen molar-refractivity contribution < 1.29 is 0 Å². The molecule has 86 valence electrons. The van der Waals surface area contributed by atoms with E-state index in [1.165, 1.54) is 11.5 Å². The highest BCUT2D eigenvalue weighted by molar-refractivity contribution is 8.00. The average Bonchev–Trinajstić information content (AvgIpc) is 2.83. The van der Waals surface area contributed by atoms with Crippen LogP contribution < -0.4 is 5.73 Å². The molecule has 2 heterocycles. The Morgan fingerprint density at radius 1 is 1.56 bits per heavy atom. The first-order valence-corrected chi connectivity index (χ1v) is 6.72.